The van der Waals surface area contributed by atoms with Crippen molar-refractivity contribution in [3.63, 3.8) is 0 Å². The van der Waals surface area contributed by atoms with Gasteiger partial charge in [0.25, 0.3) is 0 Å². The van der Waals surface area contributed by atoms with Gasteiger partial charge in [0.1, 0.15) is 0 Å². The second-order valence-corrected chi connectivity index (χ2v) is 4.81. The molecule has 0 fully saturated rings. The molecule has 0 aliphatic carbocycles. The molecule has 0 heterocycles. The topological polar surface area (TPSA) is 105 Å². The van der Waals surface area contributed by atoms with E-state index in [0.29, 0.717) is 12.8 Å². The highest BCUT2D eigenvalue weighted by Gasteiger charge is 2.26. The molecule has 92 valence electrons. The van der Waals surface area contributed by atoms with Gasteiger partial charge < -0.3 is 20.1 Å². The second-order valence-electron chi connectivity index (χ2n) is 2.93. The van der Waals surface area contributed by atoms with Gasteiger partial charge in [0.15, 0.2) is 0 Å². The molecular formula is C9H11N2O5P. The van der Waals surface area contributed by atoms with Gasteiger partial charge in [-0.25, -0.2) is 0 Å². The maximum absolute atomic E-state index is 11.7. The van der Waals surface area contributed by atoms with Crippen LogP contribution < -0.4 is 15.9 Å². The molecule has 0 aliphatic heterocycles. The van der Waals surface area contributed by atoms with E-state index in [-0.39, 0.29) is 16.7 Å². The fraction of sp³-hybridized carbons (Fsp3) is 0.111. The first-order valence-corrected chi connectivity index (χ1v) is 6.07. The fourth-order valence-electron chi connectivity index (χ4n) is 1.27. The van der Waals surface area contributed by atoms with E-state index in [1.54, 1.807) is 0 Å². The number of para-hydroxylation sites is 1. The summed E-state index contributed by atoms with van der Waals surface area (Å²) in [6.07, 6.45) is 0.731. The van der Waals surface area contributed by atoms with Gasteiger partial charge in [-0.2, -0.15) is 0 Å². The Morgan fingerprint density at radius 2 is 1.94 bits per heavy atom. The lowest BCUT2D eigenvalue weighted by atomic mass is 10.2. The van der Waals surface area contributed by atoms with E-state index in [1.807, 2.05) is 0 Å². The molecule has 0 aromatic heterocycles. The van der Waals surface area contributed by atoms with Gasteiger partial charge in [0, 0.05) is 7.11 Å². The van der Waals surface area contributed by atoms with Gasteiger partial charge in [-0.05, 0) is 12.1 Å². The van der Waals surface area contributed by atoms with Crippen molar-refractivity contribution in [2.75, 3.05) is 17.7 Å². The zero-order valence-electron chi connectivity index (χ0n) is 8.91. The van der Waals surface area contributed by atoms with Crippen molar-refractivity contribution in [2.24, 2.45) is 0 Å². The molecular weight excluding hydrogens is 247 g/mol. The number of rotatable bonds is 6. The average Bonchev–Trinajstić information content (AvgIpc) is 2.31. The molecule has 1 unspecified atom stereocenters. The summed E-state index contributed by atoms with van der Waals surface area (Å²) in [7, 11) is -2.95. The maximum Gasteiger partial charge on any atom is 0.360 e. The summed E-state index contributed by atoms with van der Waals surface area (Å²) >= 11 is 0. The number of nitrogens with one attached hydrogen (secondary N) is 2. The Morgan fingerprint density at radius 1 is 1.29 bits per heavy atom. The highest BCUT2D eigenvalue weighted by atomic mass is 31.2. The minimum absolute atomic E-state index is 0.0299. The van der Waals surface area contributed by atoms with E-state index in [2.05, 4.69) is 15.2 Å². The Hall–Kier alpha value is -1.69. The van der Waals surface area contributed by atoms with Crippen molar-refractivity contribution in [1.82, 2.24) is 0 Å². The van der Waals surface area contributed by atoms with Crippen LogP contribution in [-0.4, -0.2) is 24.8 Å². The van der Waals surface area contributed by atoms with Crippen molar-refractivity contribution in [1.29, 1.82) is 0 Å². The van der Waals surface area contributed by atoms with Crippen LogP contribution in [0.25, 0.3) is 0 Å². The Morgan fingerprint density at radius 3 is 2.47 bits per heavy atom. The normalized spacial score (nSPS) is 13.5. The lowest BCUT2D eigenvalue weighted by Crippen LogP contribution is -2.15. The van der Waals surface area contributed by atoms with Gasteiger partial charge in [-0.15, -0.1) is 0 Å². The van der Waals surface area contributed by atoms with E-state index >= 15 is 0 Å². The molecule has 0 spiro atoms. The first-order chi connectivity index (χ1) is 8.06. The number of carbonyl (C=O) groups excluding carboxylic acids is 2. The smallest absolute Gasteiger partial charge is 0.327 e. The third kappa shape index (κ3) is 2.91. The van der Waals surface area contributed by atoms with Crippen molar-refractivity contribution in [3.05, 3.63) is 18.2 Å². The van der Waals surface area contributed by atoms with Crippen LogP contribution in [0.15, 0.2) is 18.2 Å². The van der Waals surface area contributed by atoms with Crippen molar-refractivity contribution >= 4 is 37.1 Å². The largest absolute Gasteiger partial charge is 0.360 e. The summed E-state index contributed by atoms with van der Waals surface area (Å²) in [5.41, 5.74) is 0.234. The molecule has 0 aliphatic rings. The Kier molecular flexibility index (Phi) is 4.39. The van der Waals surface area contributed by atoms with E-state index < -0.39 is 7.60 Å². The standard InChI is InChI=1S/C9H11N2O5P/c1-16-17(14,15)8-4-2-3-7(10-5-12)9(8)11-6-13/h2-6H,1H3,(H,10,12)(H,11,13)(H,14,15). The van der Waals surface area contributed by atoms with Gasteiger partial charge in [-0.3, -0.25) is 14.2 Å². The van der Waals surface area contributed by atoms with E-state index in [9.17, 15) is 19.0 Å². The number of hydrogen-bond acceptors (Lipinski definition) is 4. The SMILES string of the molecule is COP(=O)(O)c1cccc(NC=O)c1NC=O. The summed E-state index contributed by atoms with van der Waals surface area (Å²) in [5, 5.41) is 4.47. The van der Waals surface area contributed by atoms with Crippen LogP contribution in [0.3, 0.4) is 0 Å². The van der Waals surface area contributed by atoms with Crippen molar-refractivity contribution in [3.8, 4) is 0 Å². The molecule has 2 amide bonds. The van der Waals surface area contributed by atoms with Gasteiger partial charge in [-0.1, -0.05) is 6.07 Å². The third-order valence-corrected chi connectivity index (χ3v) is 3.49. The summed E-state index contributed by atoms with van der Waals surface area (Å²) in [4.78, 5) is 30.4. The molecule has 1 atom stereocenters. The fourth-order valence-corrected chi connectivity index (χ4v) is 2.21. The molecule has 0 saturated carbocycles. The molecule has 0 radical (unpaired) electrons. The molecule has 0 saturated heterocycles. The maximum atomic E-state index is 11.7. The first-order valence-electron chi connectivity index (χ1n) is 4.49. The van der Waals surface area contributed by atoms with Crippen LogP contribution in [0, 0.1) is 0 Å². The summed E-state index contributed by atoms with van der Waals surface area (Å²) < 4.78 is 16.2. The lowest BCUT2D eigenvalue weighted by molar-refractivity contribution is -0.106. The molecule has 1 rings (SSSR count). The average molecular weight is 258 g/mol. The van der Waals surface area contributed by atoms with Crippen LogP contribution >= 0.6 is 7.60 Å². The van der Waals surface area contributed by atoms with E-state index in [1.165, 1.54) is 18.2 Å². The Bertz CT molecular complexity index is 476. The van der Waals surface area contributed by atoms with E-state index in [4.69, 9.17) is 0 Å². The van der Waals surface area contributed by atoms with Crippen LogP contribution in [-0.2, 0) is 18.7 Å². The number of benzene rings is 1. The molecule has 17 heavy (non-hydrogen) atoms. The third-order valence-electron chi connectivity index (χ3n) is 2.01. The van der Waals surface area contributed by atoms with Crippen LogP contribution in [0.2, 0.25) is 0 Å². The Labute approximate surface area is 97.3 Å². The molecule has 0 bridgehead atoms. The monoisotopic (exact) mass is 258 g/mol. The summed E-state index contributed by atoms with van der Waals surface area (Å²) in [6.45, 7) is 0. The van der Waals surface area contributed by atoms with E-state index in [0.717, 1.165) is 7.11 Å². The number of anilines is 2. The lowest BCUT2D eigenvalue weighted by Gasteiger charge is -2.15. The second kappa shape index (κ2) is 5.58. The first kappa shape index (κ1) is 13.4. The zero-order valence-corrected chi connectivity index (χ0v) is 9.81. The quantitative estimate of drug-likeness (QED) is 0.502. The Balaban J connectivity index is 3.38. The number of amides is 2. The van der Waals surface area contributed by atoms with Crippen molar-refractivity contribution < 1.29 is 23.6 Å². The van der Waals surface area contributed by atoms with Gasteiger partial charge in [0.05, 0.1) is 16.7 Å². The predicted molar refractivity (Wildman–Crippen MR) is 62.3 cm³/mol. The summed E-state index contributed by atoms with van der Waals surface area (Å²) in [6, 6.07) is 4.25. The molecule has 7 nitrogen and oxygen atoms in total. The zero-order chi connectivity index (χ0) is 12.9. The summed E-state index contributed by atoms with van der Waals surface area (Å²) in [5.74, 6) is 0. The predicted octanol–water partition coefficient (Wildman–Crippen LogP) is 0.280. The van der Waals surface area contributed by atoms with Gasteiger partial charge in [0.2, 0.25) is 12.8 Å². The minimum atomic E-state index is -4.02. The molecule has 1 aromatic carbocycles. The minimum Gasteiger partial charge on any atom is -0.327 e. The van der Waals surface area contributed by atoms with Gasteiger partial charge >= 0.3 is 7.60 Å². The number of hydrogen-bond donors (Lipinski definition) is 3. The molecule has 8 heteroatoms. The highest BCUT2D eigenvalue weighted by Crippen LogP contribution is 2.43. The molecule has 3 N–H and O–H groups in total. The molecule has 1 aromatic rings. The highest BCUT2D eigenvalue weighted by molar-refractivity contribution is 7.61. The van der Waals surface area contributed by atoms with Crippen molar-refractivity contribution in [2.45, 2.75) is 0 Å². The van der Waals surface area contributed by atoms with Crippen LogP contribution in [0.4, 0.5) is 11.4 Å². The van der Waals surface area contributed by atoms with Crippen LogP contribution in [0.5, 0.6) is 0 Å². The van der Waals surface area contributed by atoms with Crippen LogP contribution in [0.1, 0.15) is 0 Å². The number of carbonyl (C=O) groups is 2.